The Morgan fingerprint density at radius 1 is 1.73 bits per heavy atom. The Kier molecular flexibility index (Phi) is 2.85. The smallest absolute Gasteiger partial charge is 0.207 e. The van der Waals surface area contributed by atoms with Gasteiger partial charge in [0.2, 0.25) is 5.96 Å². The molecule has 0 amide bonds. The maximum absolute atomic E-state index is 8.38. The van der Waals surface area contributed by atoms with Gasteiger partial charge in [-0.15, -0.1) is 0 Å². The molecule has 2 rings (SSSR count). The number of furan rings is 1. The maximum Gasteiger partial charge on any atom is 0.207 e. The SMILES string of the molecule is N#CNC1=NCN(Cc2ccco2)CN1. The lowest BCUT2D eigenvalue weighted by atomic mass is 10.4. The summed E-state index contributed by atoms with van der Waals surface area (Å²) in [7, 11) is 0. The van der Waals surface area contributed by atoms with Gasteiger partial charge in [-0.2, -0.15) is 5.26 Å². The van der Waals surface area contributed by atoms with Crippen LogP contribution in [0, 0.1) is 11.5 Å². The third-order valence-corrected chi connectivity index (χ3v) is 2.03. The normalized spacial score (nSPS) is 16.3. The number of nitriles is 1. The fourth-order valence-electron chi connectivity index (χ4n) is 1.33. The Hall–Kier alpha value is -2.00. The minimum absolute atomic E-state index is 0.521. The predicted molar refractivity (Wildman–Crippen MR) is 53.3 cm³/mol. The molecule has 0 aromatic carbocycles. The zero-order valence-corrected chi connectivity index (χ0v) is 8.10. The van der Waals surface area contributed by atoms with Gasteiger partial charge >= 0.3 is 0 Å². The molecule has 0 bridgehead atoms. The third kappa shape index (κ3) is 2.48. The van der Waals surface area contributed by atoms with E-state index < -0.39 is 0 Å². The summed E-state index contributed by atoms with van der Waals surface area (Å²) >= 11 is 0. The van der Waals surface area contributed by atoms with Gasteiger partial charge in [0.1, 0.15) is 5.76 Å². The Bertz CT molecular complexity index is 378. The molecule has 1 aliphatic rings. The molecule has 1 aromatic heterocycles. The highest BCUT2D eigenvalue weighted by Crippen LogP contribution is 2.05. The molecule has 0 saturated heterocycles. The quantitative estimate of drug-likeness (QED) is 0.526. The number of nitrogens with one attached hydrogen (secondary N) is 2. The van der Waals surface area contributed by atoms with Gasteiger partial charge in [-0.25, -0.2) is 4.99 Å². The molecule has 0 spiro atoms. The molecule has 0 fully saturated rings. The van der Waals surface area contributed by atoms with Crippen molar-refractivity contribution < 1.29 is 4.42 Å². The number of nitrogens with zero attached hydrogens (tertiary/aromatic N) is 3. The van der Waals surface area contributed by atoms with E-state index in [4.69, 9.17) is 9.68 Å². The monoisotopic (exact) mass is 205 g/mol. The van der Waals surface area contributed by atoms with Crippen molar-refractivity contribution in [2.24, 2.45) is 4.99 Å². The Labute approximate surface area is 87.2 Å². The summed E-state index contributed by atoms with van der Waals surface area (Å²) in [5.41, 5.74) is 0. The maximum atomic E-state index is 8.38. The van der Waals surface area contributed by atoms with Crippen LogP contribution < -0.4 is 10.6 Å². The van der Waals surface area contributed by atoms with Crippen molar-refractivity contribution >= 4 is 5.96 Å². The fraction of sp³-hybridized carbons (Fsp3) is 0.333. The highest BCUT2D eigenvalue weighted by Gasteiger charge is 2.12. The molecule has 6 nitrogen and oxygen atoms in total. The molecule has 15 heavy (non-hydrogen) atoms. The average molecular weight is 205 g/mol. The first-order chi connectivity index (χ1) is 7.38. The van der Waals surface area contributed by atoms with Crippen LogP contribution in [0.15, 0.2) is 27.8 Å². The van der Waals surface area contributed by atoms with Crippen LogP contribution in [0.2, 0.25) is 0 Å². The topological polar surface area (TPSA) is 76.6 Å². The van der Waals surface area contributed by atoms with Crippen molar-refractivity contribution in [1.82, 2.24) is 15.5 Å². The molecule has 0 atom stereocenters. The zero-order chi connectivity index (χ0) is 10.5. The Balaban J connectivity index is 1.86. The molecule has 0 radical (unpaired) electrons. The second-order valence-electron chi connectivity index (χ2n) is 3.13. The Morgan fingerprint density at radius 2 is 2.67 bits per heavy atom. The molecular weight excluding hydrogens is 194 g/mol. The summed E-state index contributed by atoms with van der Waals surface area (Å²) in [6, 6.07) is 3.78. The molecular formula is C9H11N5O. The highest BCUT2D eigenvalue weighted by molar-refractivity contribution is 5.81. The van der Waals surface area contributed by atoms with Crippen molar-refractivity contribution in [3.05, 3.63) is 24.2 Å². The highest BCUT2D eigenvalue weighted by atomic mass is 16.3. The number of hydrogen-bond acceptors (Lipinski definition) is 6. The minimum atomic E-state index is 0.521. The zero-order valence-electron chi connectivity index (χ0n) is 8.10. The van der Waals surface area contributed by atoms with Crippen LogP contribution in [0.3, 0.4) is 0 Å². The van der Waals surface area contributed by atoms with Crippen LogP contribution in [0.4, 0.5) is 0 Å². The van der Waals surface area contributed by atoms with Crippen LogP contribution >= 0.6 is 0 Å². The van der Waals surface area contributed by atoms with Gasteiger partial charge in [-0.3, -0.25) is 10.2 Å². The lowest BCUT2D eigenvalue weighted by molar-refractivity contribution is 0.234. The van der Waals surface area contributed by atoms with Crippen LogP contribution in [-0.4, -0.2) is 24.2 Å². The van der Waals surface area contributed by atoms with Crippen molar-refractivity contribution in [2.75, 3.05) is 13.3 Å². The lowest BCUT2D eigenvalue weighted by Crippen LogP contribution is -2.47. The van der Waals surface area contributed by atoms with E-state index in [1.165, 1.54) is 0 Å². The molecule has 1 aliphatic heterocycles. The summed E-state index contributed by atoms with van der Waals surface area (Å²) in [5, 5.41) is 13.8. The second kappa shape index (κ2) is 4.48. The van der Waals surface area contributed by atoms with Crippen LogP contribution in [0.5, 0.6) is 0 Å². The fourth-order valence-corrected chi connectivity index (χ4v) is 1.33. The van der Waals surface area contributed by atoms with Crippen molar-refractivity contribution in [1.29, 1.82) is 5.26 Å². The number of aliphatic imine (C=N–C) groups is 1. The molecule has 0 saturated carbocycles. The van der Waals surface area contributed by atoms with Crippen molar-refractivity contribution in [2.45, 2.75) is 6.54 Å². The molecule has 1 aromatic rings. The first-order valence-electron chi connectivity index (χ1n) is 4.56. The van der Waals surface area contributed by atoms with Crippen molar-refractivity contribution in [3.63, 3.8) is 0 Å². The third-order valence-electron chi connectivity index (χ3n) is 2.03. The van der Waals surface area contributed by atoms with E-state index in [1.54, 1.807) is 6.26 Å². The number of guanidine groups is 1. The standard InChI is InChI=1S/C9H11N5O/c10-5-11-9-12-6-14(7-13-9)4-8-2-1-3-15-8/h1-3H,4,6-7H2,(H2,11,12,13). The van der Waals surface area contributed by atoms with Gasteiger partial charge in [-0.1, -0.05) is 0 Å². The van der Waals surface area contributed by atoms with Gasteiger partial charge in [0, 0.05) is 0 Å². The number of hydrogen-bond donors (Lipinski definition) is 2. The molecule has 6 heteroatoms. The summed E-state index contributed by atoms with van der Waals surface area (Å²) in [6.45, 7) is 1.91. The van der Waals surface area contributed by atoms with Gasteiger partial charge in [0.05, 0.1) is 26.1 Å². The largest absolute Gasteiger partial charge is 0.468 e. The van der Waals surface area contributed by atoms with E-state index in [1.807, 2.05) is 18.3 Å². The summed E-state index contributed by atoms with van der Waals surface area (Å²) in [4.78, 5) is 6.19. The average Bonchev–Trinajstić information content (AvgIpc) is 2.74. The minimum Gasteiger partial charge on any atom is -0.468 e. The first-order valence-corrected chi connectivity index (χ1v) is 4.56. The molecule has 2 N–H and O–H groups in total. The first kappa shape index (κ1) is 9.55. The van der Waals surface area contributed by atoms with Crippen molar-refractivity contribution in [3.8, 4) is 6.19 Å². The van der Waals surface area contributed by atoms with Crippen LogP contribution in [0.1, 0.15) is 5.76 Å². The second-order valence-corrected chi connectivity index (χ2v) is 3.13. The Morgan fingerprint density at radius 3 is 3.27 bits per heavy atom. The van der Waals surface area contributed by atoms with E-state index in [-0.39, 0.29) is 0 Å². The molecule has 2 heterocycles. The van der Waals surface area contributed by atoms with E-state index in [0.717, 1.165) is 5.76 Å². The van der Waals surface area contributed by atoms with Gasteiger partial charge in [0.15, 0.2) is 6.19 Å². The summed E-state index contributed by atoms with van der Waals surface area (Å²) in [5.74, 6) is 1.43. The predicted octanol–water partition coefficient (Wildman–Crippen LogP) is 0.0265. The van der Waals surface area contributed by atoms with Crippen LogP contribution in [0.25, 0.3) is 0 Å². The molecule has 0 unspecified atom stereocenters. The van der Waals surface area contributed by atoms with Gasteiger partial charge < -0.3 is 9.73 Å². The van der Waals surface area contributed by atoms with Crippen LogP contribution in [-0.2, 0) is 6.54 Å². The van der Waals surface area contributed by atoms with E-state index in [0.29, 0.717) is 25.8 Å². The molecule has 0 aliphatic carbocycles. The summed E-state index contributed by atoms with van der Waals surface area (Å²) in [6.07, 6.45) is 3.47. The van der Waals surface area contributed by atoms with Gasteiger partial charge in [-0.05, 0) is 12.1 Å². The summed E-state index contributed by atoms with van der Waals surface area (Å²) < 4.78 is 5.22. The van der Waals surface area contributed by atoms with E-state index in [2.05, 4.69) is 20.5 Å². The number of rotatable bonds is 2. The molecule has 78 valence electrons. The van der Waals surface area contributed by atoms with E-state index >= 15 is 0 Å². The van der Waals surface area contributed by atoms with E-state index in [9.17, 15) is 0 Å². The van der Waals surface area contributed by atoms with Gasteiger partial charge in [0.25, 0.3) is 0 Å². The lowest BCUT2D eigenvalue weighted by Gasteiger charge is -2.24.